The van der Waals surface area contributed by atoms with Gasteiger partial charge in [0.1, 0.15) is 6.61 Å². The second-order valence-corrected chi connectivity index (χ2v) is 4.60. The number of nitrogens with one attached hydrogen (secondary N) is 1. The topological polar surface area (TPSA) is 64.6 Å². The van der Waals surface area contributed by atoms with Crippen molar-refractivity contribution in [3.63, 3.8) is 0 Å². The van der Waals surface area contributed by atoms with Gasteiger partial charge in [-0.2, -0.15) is 0 Å². The van der Waals surface area contributed by atoms with E-state index in [4.69, 9.17) is 9.47 Å². The Morgan fingerprint density at radius 3 is 2.71 bits per heavy atom. The molecule has 1 heterocycles. The molecule has 1 saturated heterocycles. The van der Waals surface area contributed by atoms with Gasteiger partial charge in [-0.3, -0.25) is 4.79 Å². The predicted molar refractivity (Wildman–Crippen MR) is 80.6 cm³/mol. The van der Waals surface area contributed by atoms with E-state index in [0.717, 1.165) is 19.4 Å². The van der Waals surface area contributed by atoms with Crippen LogP contribution in [0.5, 0.6) is 0 Å². The molecule has 0 radical (unpaired) electrons. The Bertz CT molecular complexity index is 407. The van der Waals surface area contributed by atoms with Gasteiger partial charge in [0.05, 0.1) is 12.5 Å². The Hall–Kier alpha value is -1.88. The van der Waals surface area contributed by atoms with Crippen molar-refractivity contribution in [2.45, 2.75) is 19.8 Å². The van der Waals surface area contributed by atoms with Crippen molar-refractivity contribution in [1.82, 2.24) is 5.32 Å². The Morgan fingerprint density at radius 1 is 1.19 bits per heavy atom. The van der Waals surface area contributed by atoms with E-state index >= 15 is 0 Å². The highest BCUT2D eigenvalue weighted by Gasteiger charge is 2.21. The van der Waals surface area contributed by atoms with E-state index < -0.39 is 0 Å². The molecule has 0 bridgehead atoms. The smallest absolute Gasteiger partial charge is 0.330 e. The Morgan fingerprint density at radius 2 is 2.00 bits per heavy atom. The lowest BCUT2D eigenvalue weighted by molar-refractivity contribution is -0.147. The van der Waals surface area contributed by atoms with Crippen molar-refractivity contribution in [2.75, 3.05) is 26.3 Å². The van der Waals surface area contributed by atoms with Gasteiger partial charge in [0.15, 0.2) is 0 Å². The van der Waals surface area contributed by atoms with E-state index in [1.807, 2.05) is 0 Å². The lowest BCUT2D eigenvalue weighted by Gasteiger charge is -2.20. The highest BCUT2D eigenvalue weighted by Crippen LogP contribution is 2.11. The van der Waals surface area contributed by atoms with Crippen LogP contribution >= 0.6 is 0 Å². The highest BCUT2D eigenvalue weighted by molar-refractivity contribution is 5.82. The van der Waals surface area contributed by atoms with E-state index in [2.05, 4.69) is 5.32 Å². The molecule has 5 heteroatoms. The van der Waals surface area contributed by atoms with Crippen LogP contribution in [0.2, 0.25) is 0 Å². The molecule has 0 saturated carbocycles. The molecule has 5 nitrogen and oxygen atoms in total. The molecule has 0 aromatic carbocycles. The fourth-order valence-electron chi connectivity index (χ4n) is 1.89. The minimum absolute atomic E-state index is 0.0183. The van der Waals surface area contributed by atoms with Gasteiger partial charge in [0.2, 0.25) is 0 Å². The summed E-state index contributed by atoms with van der Waals surface area (Å²) in [6.45, 7) is 4.08. The number of rotatable bonds is 7. The second-order valence-electron chi connectivity index (χ2n) is 4.60. The van der Waals surface area contributed by atoms with Gasteiger partial charge in [-0.05, 0) is 32.4 Å². The predicted octanol–water partition coefficient (Wildman–Crippen LogP) is 1.76. The molecule has 21 heavy (non-hydrogen) atoms. The molecule has 1 aliphatic rings. The maximum Gasteiger partial charge on any atom is 0.330 e. The van der Waals surface area contributed by atoms with Crippen molar-refractivity contribution in [2.24, 2.45) is 5.92 Å². The summed E-state index contributed by atoms with van der Waals surface area (Å²) in [7, 11) is 0. The van der Waals surface area contributed by atoms with Gasteiger partial charge in [0.25, 0.3) is 0 Å². The fourth-order valence-corrected chi connectivity index (χ4v) is 1.89. The first kappa shape index (κ1) is 17.2. The summed E-state index contributed by atoms with van der Waals surface area (Å²) in [6.07, 6.45) is 11.8. The number of allylic oxidation sites excluding steroid dienone is 4. The van der Waals surface area contributed by atoms with Crippen LogP contribution in [0.25, 0.3) is 0 Å². The lowest BCUT2D eigenvalue weighted by Crippen LogP contribution is -2.35. The van der Waals surface area contributed by atoms with Crippen LogP contribution in [-0.2, 0) is 19.1 Å². The minimum Gasteiger partial charge on any atom is -0.463 e. The van der Waals surface area contributed by atoms with Gasteiger partial charge in [0, 0.05) is 12.6 Å². The van der Waals surface area contributed by atoms with Crippen molar-refractivity contribution >= 4 is 11.9 Å². The Balaban J connectivity index is 2.14. The summed E-state index contributed by atoms with van der Waals surface area (Å²) >= 11 is 0. The SMILES string of the molecule is CCOC(=O)/C=C/C=C/C=C/COC(=O)[C@@H]1CCCNC1. The monoisotopic (exact) mass is 293 g/mol. The molecule has 0 amide bonds. The third-order valence-electron chi connectivity index (χ3n) is 2.94. The molecule has 0 aliphatic carbocycles. The minimum atomic E-state index is -0.360. The van der Waals surface area contributed by atoms with Crippen LogP contribution in [0.3, 0.4) is 0 Å². The number of piperidine rings is 1. The summed E-state index contributed by atoms with van der Waals surface area (Å²) in [6, 6.07) is 0. The van der Waals surface area contributed by atoms with E-state index in [0.29, 0.717) is 13.2 Å². The molecule has 116 valence electrons. The van der Waals surface area contributed by atoms with E-state index in [-0.39, 0.29) is 24.5 Å². The molecule has 1 N–H and O–H groups in total. The van der Waals surface area contributed by atoms with Crippen LogP contribution in [0, 0.1) is 5.92 Å². The zero-order valence-electron chi connectivity index (χ0n) is 12.4. The van der Waals surface area contributed by atoms with Crippen LogP contribution in [0.15, 0.2) is 36.5 Å². The molecule has 1 aliphatic heterocycles. The van der Waals surface area contributed by atoms with Crippen molar-refractivity contribution in [3.05, 3.63) is 36.5 Å². The molecule has 1 fully saturated rings. The van der Waals surface area contributed by atoms with Gasteiger partial charge < -0.3 is 14.8 Å². The summed E-state index contributed by atoms with van der Waals surface area (Å²) in [4.78, 5) is 22.7. The van der Waals surface area contributed by atoms with E-state index in [1.54, 1.807) is 37.3 Å². The second kappa shape index (κ2) is 10.9. The number of esters is 2. The molecule has 0 spiro atoms. The first-order valence-corrected chi connectivity index (χ1v) is 7.28. The summed E-state index contributed by atoms with van der Waals surface area (Å²) in [5, 5.41) is 3.18. The molecule has 0 aromatic rings. The average Bonchev–Trinajstić information content (AvgIpc) is 2.51. The third kappa shape index (κ3) is 8.09. The molecular formula is C16H23NO4. The van der Waals surface area contributed by atoms with Crippen LogP contribution in [-0.4, -0.2) is 38.2 Å². The van der Waals surface area contributed by atoms with Crippen LogP contribution in [0.4, 0.5) is 0 Å². The standard InChI is InChI=1S/C16H23NO4/c1-2-20-15(18)10-6-4-3-5-7-12-21-16(19)14-9-8-11-17-13-14/h3-7,10,14,17H,2,8-9,11-13H2,1H3/b4-3+,7-5+,10-6+/t14-/m1/s1. The van der Waals surface area contributed by atoms with Crippen LogP contribution in [0.1, 0.15) is 19.8 Å². The highest BCUT2D eigenvalue weighted by atomic mass is 16.5. The normalized spacial score (nSPS) is 19.4. The first-order valence-electron chi connectivity index (χ1n) is 7.28. The average molecular weight is 293 g/mol. The molecule has 1 atom stereocenters. The van der Waals surface area contributed by atoms with E-state index in [1.165, 1.54) is 6.08 Å². The van der Waals surface area contributed by atoms with Gasteiger partial charge in [-0.1, -0.05) is 24.3 Å². The number of hydrogen-bond donors (Lipinski definition) is 1. The first-order chi connectivity index (χ1) is 10.2. The lowest BCUT2D eigenvalue weighted by atomic mass is 10.0. The van der Waals surface area contributed by atoms with E-state index in [9.17, 15) is 9.59 Å². The number of hydrogen-bond acceptors (Lipinski definition) is 5. The molecular weight excluding hydrogens is 270 g/mol. The summed E-state index contributed by atoms with van der Waals surface area (Å²) in [5.41, 5.74) is 0. The largest absolute Gasteiger partial charge is 0.463 e. The molecule has 0 unspecified atom stereocenters. The Labute approximate surface area is 125 Å². The third-order valence-corrected chi connectivity index (χ3v) is 2.94. The van der Waals surface area contributed by atoms with Gasteiger partial charge >= 0.3 is 11.9 Å². The zero-order valence-corrected chi connectivity index (χ0v) is 12.4. The molecule has 1 rings (SSSR count). The van der Waals surface area contributed by atoms with Crippen molar-refractivity contribution < 1.29 is 19.1 Å². The number of carbonyl (C=O) groups excluding carboxylic acids is 2. The number of ether oxygens (including phenoxy) is 2. The summed E-state index contributed by atoms with van der Waals surface area (Å²) in [5.74, 6) is -0.519. The summed E-state index contributed by atoms with van der Waals surface area (Å²) < 4.78 is 9.90. The zero-order chi connectivity index (χ0) is 15.3. The fraction of sp³-hybridized carbons (Fsp3) is 0.500. The van der Waals surface area contributed by atoms with Crippen molar-refractivity contribution in [3.8, 4) is 0 Å². The molecule has 0 aromatic heterocycles. The van der Waals surface area contributed by atoms with Crippen molar-refractivity contribution in [1.29, 1.82) is 0 Å². The van der Waals surface area contributed by atoms with Gasteiger partial charge in [-0.15, -0.1) is 0 Å². The number of carbonyl (C=O) groups is 2. The van der Waals surface area contributed by atoms with Gasteiger partial charge in [-0.25, -0.2) is 4.79 Å². The quantitative estimate of drug-likeness (QED) is 0.440. The Kier molecular flexibility index (Phi) is 8.88. The maximum atomic E-state index is 11.7. The van der Waals surface area contributed by atoms with Crippen LogP contribution < -0.4 is 5.32 Å². The maximum absolute atomic E-state index is 11.7.